The molecule has 11 heavy (non-hydrogen) atoms. The Balaban J connectivity index is 3.16. The summed E-state index contributed by atoms with van der Waals surface area (Å²) in [6.45, 7) is 1.78. The number of benzene rings is 1. The molecule has 0 radical (unpaired) electrons. The molecule has 2 N–H and O–H groups in total. The standard InChI is InChI=1S/C8H9NO2/c1-6-3-2-4-7(5-9-11)8(6)10/h2-5,10-11H,1H3/b9-5-. The number of phenolic OH excluding ortho intramolecular Hbond substituents is 1. The molecule has 0 amide bonds. The third kappa shape index (κ3) is 1.49. The van der Waals surface area contributed by atoms with Crippen LogP contribution in [-0.4, -0.2) is 16.5 Å². The Morgan fingerprint density at radius 3 is 2.82 bits per heavy atom. The number of para-hydroxylation sites is 1. The molecule has 0 fully saturated rings. The maximum Gasteiger partial charge on any atom is 0.127 e. The molecule has 0 bridgehead atoms. The number of aromatic hydroxyl groups is 1. The predicted octanol–water partition coefficient (Wildman–Crippen LogP) is 1.51. The number of aryl methyl sites for hydroxylation is 1. The molecular formula is C8H9NO2. The summed E-state index contributed by atoms with van der Waals surface area (Å²) in [5.41, 5.74) is 1.29. The highest BCUT2D eigenvalue weighted by atomic mass is 16.4. The highest BCUT2D eigenvalue weighted by molar-refractivity contribution is 5.83. The molecule has 0 aromatic heterocycles. The summed E-state index contributed by atoms with van der Waals surface area (Å²) < 4.78 is 0. The predicted molar refractivity (Wildman–Crippen MR) is 42.2 cm³/mol. The van der Waals surface area contributed by atoms with E-state index in [9.17, 15) is 5.11 Å². The molecule has 1 aromatic carbocycles. The lowest BCUT2D eigenvalue weighted by Gasteiger charge is -1.99. The third-order valence-electron chi connectivity index (χ3n) is 1.47. The van der Waals surface area contributed by atoms with Crippen LogP contribution in [0.5, 0.6) is 5.75 Å². The van der Waals surface area contributed by atoms with Crippen molar-refractivity contribution in [1.82, 2.24) is 0 Å². The SMILES string of the molecule is Cc1cccc(/C=N\O)c1O. The first-order valence-electron chi connectivity index (χ1n) is 3.21. The van der Waals surface area contributed by atoms with Crippen molar-refractivity contribution in [2.24, 2.45) is 5.16 Å². The topological polar surface area (TPSA) is 52.8 Å². The molecule has 58 valence electrons. The first-order chi connectivity index (χ1) is 5.25. The number of nitrogens with zero attached hydrogens (tertiary/aromatic N) is 1. The van der Waals surface area contributed by atoms with Crippen LogP contribution in [0.1, 0.15) is 11.1 Å². The van der Waals surface area contributed by atoms with Crippen molar-refractivity contribution in [2.45, 2.75) is 6.92 Å². The van der Waals surface area contributed by atoms with Gasteiger partial charge in [-0.2, -0.15) is 0 Å². The summed E-state index contributed by atoms with van der Waals surface area (Å²) in [4.78, 5) is 0. The van der Waals surface area contributed by atoms with E-state index in [4.69, 9.17) is 5.21 Å². The first-order valence-corrected chi connectivity index (χ1v) is 3.21. The zero-order chi connectivity index (χ0) is 8.27. The minimum Gasteiger partial charge on any atom is -0.507 e. The minimum atomic E-state index is 0.158. The Labute approximate surface area is 64.6 Å². The van der Waals surface area contributed by atoms with Gasteiger partial charge >= 0.3 is 0 Å². The fourth-order valence-electron chi connectivity index (χ4n) is 0.848. The van der Waals surface area contributed by atoms with Crippen LogP contribution in [0.25, 0.3) is 0 Å². The largest absolute Gasteiger partial charge is 0.507 e. The van der Waals surface area contributed by atoms with E-state index in [1.165, 1.54) is 6.21 Å². The van der Waals surface area contributed by atoms with Gasteiger partial charge in [-0.1, -0.05) is 17.3 Å². The Bertz CT molecular complexity index is 281. The normalized spacial score (nSPS) is 10.6. The van der Waals surface area contributed by atoms with Crippen LogP contribution in [0, 0.1) is 6.92 Å². The highest BCUT2D eigenvalue weighted by Gasteiger charge is 1.99. The van der Waals surface area contributed by atoms with Crippen LogP contribution in [0.2, 0.25) is 0 Å². The van der Waals surface area contributed by atoms with Gasteiger partial charge in [-0.3, -0.25) is 0 Å². The van der Waals surface area contributed by atoms with E-state index in [2.05, 4.69) is 5.16 Å². The van der Waals surface area contributed by atoms with Crippen molar-refractivity contribution >= 4 is 6.21 Å². The average Bonchev–Trinajstić information content (AvgIpc) is 1.99. The van der Waals surface area contributed by atoms with E-state index >= 15 is 0 Å². The van der Waals surface area contributed by atoms with E-state index in [0.717, 1.165) is 5.56 Å². The number of hydrogen-bond acceptors (Lipinski definition) is 3. The van der Waals surface area contributed by atoms with Crippen LogP contribution in [0.3, 0.4) is 0 Å². The van der Waals surface area contributed by atoms with Gasteiger partial charge in [0.25, 0.3) is 0 Å². The van der Waals surface area contributed by atoms with Gasteiger partial charge in [0, 0.05) is 5.56 Å². The molecule has 0 heterocycles. The summed E-state index contributed by atoms with van der Waals surface area (Å²) in [7, 11) is 0. The zero-order valence-electron chi connectivity index (χ0n) is 6.15. The van der Waals surface area contributed by atoms with E-state index in [1.54, 1.807) is 25.1 Å². The summed E-state index contributed by atoms with van der Waals surface area (Å²) in [5, 5.41) is 20.3. The second-order valence-corrected chi connectivity index (χ2v) is 2.26. The molecule has 3 nitrogen and oxygen atoms in total. The molecular weight excluding hydrogens is 142 g/mol. The van der Waals surface area contributed by atoms with E-state index in [-0.39, 0.29) is 5.75 Å². The van der Waals surface area contributed by atoms with Crippen LogP contribution in [-0.2, 0) is 0 Å². The van der Waals surface area contributed by atoms with Crippen LogP contribution in [0.15, 0.2) is 23.4 Å². The number of phenols is 1. The van der Waals surface area contributed by atoms with Crippen LogP contribution in [0.4, 0.5) is 0 Å². The molecule has 3 heteroatoms. The van der Waals surface area contributed by atoms with Gasteiger partial charge < -0.3 is 10.3 Å². The maximum absolute atomic E-state index is 9.33. The van der Waals surface area contributed by atoms with Gasteiger partial charge in [0.15, 0.2) is 0 Å². The molecule has 0 spiro atoms. The lowest BCUT2D eigenvalue weighted by atomic mass is 10.1. The van der Waals surface area contributed by atoms with Gasteiger partial charge in [-0.25, -0.2) is 0 Å². The Kier molecular flexibility index (Phi) is 2.11. The summed E-state index contributed by atoms with van der Waals surface area (Å²) >= 11 is 0. The lowest BCUT2D eigenvalue weighted by molar-refractivity contribution is 0.321. The summed E-state index contributed by atoms with van der Waals surface area (Å²) in [6.07, 6.45) is 1.20. The minimum absolute atomic E-state index is 0.158. The van der Waals surface area contributed by atoms with Crippen molar-refractivity contribution in [2.75, 3.05) is 0 Å². The quantitative estimate of drug-likeness (QED) is 0.363. The molecule has 1 aromatic rings. The number of rotatable bonds is 1. The van der Waals surface area contributed by atoms with Crippen LogP contribution < -0.4 is 0 Å². The molecule has 0 aliphatic heterocycles. The van der Waals surface area contributed by atoms with E-state index < -0.39 is 0 Å². The first kappa shape index (κ1) is 7.60. The highest BCUT2D eigenvalue weighted by Crippen LogP contribution is 2.19. The monoisotopic (exact) mass is 151 g/mol. The van der Waals surface area contributed by atoms with E-state index in [0.29, 0.717) is 5.56 Å². The van der Waals surface area contributed by atoms with Crippen LogP contribution >= 0.6 is 0 Å². The smallest absolute Gasteiger partial charge is 0.127 e. The number of oxime groups is 1. The molecule has 0 aliphatic rings. The van der Waals surface area contributed by atoms with E-state index in [1.807, 2.05) is 0 Å². The Morgan fingerprint density at radius 1 is 1.45 bits per heavy atom. The summed E-state index contributed by atoms with van der Waals surface area (Å²) in [6, 6.07) is 5.23. The fraction of sp³-hybridized carbons (Fsp3) is 0.125. The average molecular weight is 151 g/mol. The fourth-order valence-corrected chi connectivity index (χ4v) is 0.848. The van der Waals surface area contributed by atoms with Gasteiger partial charge in [0.1, 0.15) is 5.75 Å². The Hall–Kier alpha value is -1.51. The molecule has 1 rings (SSSR count). The molecule has 0 unspecified atom stereocenters. The molecule has 0 saturated carbocycles. The second-order valence-electron chi connectivity index (χ2n) is 2.26. The second kappa shape index (κ2) is 3.05. The lowest BCUT2D eigenvalue weighted by Crippen LogP contribution is -1.84. The van der Waals surface area contributed by atoms with Crippen molar-refractivity contribution in [3.8, 4) is 5.75 Å². The third-order valence-corrected chi connectivity index (χ3v) is 1.47. The van der Waals surface area contributed by atoms with Gasteiger partial charge in [0.05, 0.1) is 6.21 Å². The molecule has 0 saturated heterocycles. The van der Waals surface area contributed by atoms with Crippen molar-refractivity contribution in [1.29, 1.82) is 0 Å². The molecule has 0 atom stereocenters. The van der Waals surface area contributed by atoms with Crippen molar-refractivity contribution in [3.05, 3.63) is 29.3 Å². The maximum atomic E-state index is 9.33. The Morgan fingerprint density at radius 2 is 2.18 bits per heavy atom. The van der Waals surface area contributed by atoms with Crippen molar-refractivity contribution < 1.29 is 10.3 Å². The van der Waals surface area contributed by atoms with Gasteiger partial charge in [-0.05, 0) is 18.6 Å². The zero-order valence-corrected chi connectivity index (χ0v) is 6.15. The van der Waals surface area contributed by atoms with Gasteiger partial charge in [-0.15, -0.1) is 0 Å². The number of hydrogen-bond donors (Lipinski definition) is 2. The van der Waals surface area contributed by atoms with Gasteiger partial charge in [0.2, 0.25) is 0 Å². The molecule has 0 aliphatic carbocycles. The van der Waals surface area contributed by atoms with Crippen molar-refractivity contribution in [3.63, 3.8) is 0 Å². The summed E-state index contributed by atoms with van der Waals surface area (Å²) in [5.74, 6) is 0.158.